The molecule has 0 aromatic carbocycles. The number of hydrogen-bond acceptors (Lipinski definition) is 0. The Labute approximate surface area is 156 Å². The Balaban J connectivity index is -0.000000196. The van der Waals surface area contributed by atoms with Gasteiger partial charge in [-0.05, 0) is 0 Å². The first-order valence-electron chi connectivity index (χ1n) is 6.21. The second-order valence-corrected chi connectivity index (χ2v) is 9.33. The third-order valence-corrected chi connectivity index (χ3v) is 6.51. The van der Waals surface area contributed by atoms with Gasteiger partial charge in [-0.3, -0.25) is 0 Å². The van der Waals surface area contributed by atoms with Gasteiger partial charge in [0.2, 0.25) is 0 Å². The van der Waals surface area contributed by atoms with Crippen molar-refractivity contribution in [2.24, 2.45) is 0 Å². The van der Waals surface area contributed by atoms with Gasteiger partial charge < -0.3 is 40.5 Å². The van der Waals surface area contributed by atoms with Crippen LogP contribution in [0, 0.1) is 0 Å². The van der Waals surface area contributed by atoms with Crippen LogP contribution in [0.5, 0.6) is 0 Å². The first-order chi connectivity index (χ1) is 6.79. The first-order valence-corrected chi connectivity index (χ1v) is 9.51. The SMILES string of the molecule is [S-2].[S-2].[S-2].[Sn+3][CH]1CCCCC1.[Sn+3][CH]1CCCCC1. The zero-order chi connectivity index (χ0) is 10.2. The molecule has 2 fully saturated rings. The normalized spacial score (nSPS) is 20.9. The van der Waals surface area contributed by atoms with E-state index in [1.54, 1.807) is 45.0 Å². The molecule has 0 aromatic heterocycles. The van der Waals surface area contributed by atoms with E-state index in [-0.39, 0.29) is 40.5 Å². The summed E-state index contributed by atoms with van der Waals surface area (Å²) in [6.45, 7) is 0. The van der Waals surface area contributed by atoms with Gasteiger partial charge >= 0.3 is 117 Å². The number of rotatable bonds is 0. The van der Waals surface area contributed by atoms with E-state index in [2.05, 4.69) is 0 Å². The van der Waals surface area contributed by atoms with E-state index in [9.17, 15) is 0 Å². The van der Waals surface area contributed by atoms with Gasteiger partial charge in [0.05, 0.1) is 0 Å². The zero-order valence-corrected chi connectivity index (χ0v) is 18.6. The third-order valence-electron chi connectivity index (χ3n) is 3.21. The van der Waals surface area contributed by atoms with E-state index in [0.29, 0.717) is 0 Å². The Kier molecular flexibility index (Phi) is 24.2. The molecular weight excluding hydrogens is 478 g/mol. The van der Waals surface area contributed by atoms with Crippen LogP contribution in [0.15, 0.2) is 0 Å². The molecule has 0 atom stereocenters. The van der Waals surface area contributed by atoms with Crippen molar-refractivity contribution in [3.8, 4) is 0 Å². The topological polar surface area (TPSA) is 0 Å². The Hall–Kier alpha value is 2.65. The molecule has 17 heavy (non-hydrogen) atoms. The van der Waals surface area contributed by atoms with Crippen LogP contribution >= 0.6 is 0 Å². The van der Waals surface area contributed by atoms with Gasteiger partial charge in [-0.1, -0.05) is 0 Å². The molecule has 5 heteroatoms. The van der Waals surface area contributed by atoms with Gasteiger partial charge in [0, 0.05) is 0 Å². The molecule has 2 saturated carbocycles. The fraction of sp³-hybridized carbons (Fsp3) is 1.00. The monoisotopic (exact) mass is 502 g/mol. The van der Waals surface area contributed by atoms with Crippen molar-refractivity contribution in [3.05, 3.63) is 0 Å². The van der Waals surface area contributed by atoms with Crippen molar-refractivity contribution in [2.75, 3.05) is 0 Å². The van der Waals surface area contributed by atoms with Gasteiger partial charge in [-0.25, -0.2) is 0 Å². The quantitative estimate of drug-likeness (QED) is 0.445. The average Bonchev–Trinajstić information content (AvgIpc) is 2.21. The van der Waals surface area contributed by atoms with Gasteiger partial charge in [0.15, 0.2) is 0 Å². The summed E-state index contributed by atoms with van der Waals surface area (Å²) in [5, 5.41) is 0. The second kappa shape index (κ2) is 16.7. The van der Waals surface area contributed by atoms with E-state index >= 15 is 0 Å². The van der Waals surface area contributed by atoms with Crippen LogP contribution < -0.4 is 0 Å². The standard InChI is InChI=1S/2C6H11.3S.2Sn/c2*1-2-4-6-5-3-1;;;;;/h2*1H,2-6H2;;;;;/q;;3*-2;2*+3. The molecule has 2 aliphatic rings. The van der Waals surface area contributed by atoms with E-state index in [4.69, 9.17) is 0 Å². The molecule has 0 unspecified atom stereocenters. The molecule has 0 saturated heterocycles. The summed E-state index contributed by atoms with van der Waals surface area (Å²) < 4.78 is 2.25. The van der Waals surface area contributed by atoms with Gasteiger partial charge in [-0.2, -0.15) is 0 Å². The Bertz CT molecular complexity index is 120. The van der Waals surface area contributed by atoms with E-state index < -0.39 is 0 Å². The van der Waals surface area contributed by atoms with E-state index in [0.717, 1.165) is 7.87 Å². The molecule has 0 amide bonds. The van der Waals surface area contributed by atoms with Gasteiger partial charge in [-0.15, -0.1) is 0 Å². The Morgan fingerprint density at radius 2 is 0.706 bits per heavy atom. The summed E-state index contributed by atoms with van der Waals surface area (Å²) in [5.41, 5.74) is 0. The molecular formula is C12H22S3Sn2. The summed E-state index contributed by atoms with van der Waals surface area (Å²) in [4.78, 5) is 0. The Morgan fingerprint density at radius 1 is 0.471 bits per heavy atom. The summed E-state index contributed by atoms with van der Waals surface area (Å²) in [5.74, 6) is 0. The Morgan fingerprint density at radius 3 is 0.824 bits per heavy atom. The summed E-state index contributed by atoms with van der Waals surface area (Å²) >= 11 is 3.54. The van der Waals surface area contributed by atoms with Crippen molar-refractivity contribution >= 4 is 85.5 Å². The molecule has 0 nitrogen and oxygen atoms in total. The third kappa shape index (κ3) is 14.9. The van der Waals surface area contributed by atoms with Crippen LogP contribution in [0.1, 0.15) is 64.2 Å². The molecule has 0 bridgehead atoms. The number of hydrogen-bond donors (Lipinski definition) is 0. The maximum atomic E-state index is 1.77. The van der Waals surface area contributed by atoms with Crippen LogP contribution in [-0.4, -0.2) is 45.0 Å². The van der Waals surface area contributed by atoms with Crippen LogP contribution in [0.3, 0.4) is 0 Å². The van der Waals surface area contributed by atoms with Crippen molar-refractivity contribution in [3.63, 3.8) is 0 Å². The molecule has 2 rings (SSSR count). The van der Waals surface area contributed by atoms with Crippen molar-refractivity contribution < 1.29 is 0 Å². The molecule has 0 N–H and O–H groups in total. The van der Waals surface area contributed by atoms with Crippen LogP contribution in [0.25, 0.3) is 0 Å². The second-order valence-electron chi connectivity index (χ2n) is 4.67. The van der Waals surface area contributed by atoms with Crippen LogP contribution in [0.4, 0.5) is 0 Å². The van der Waals surface area contributed by atoms with Crippen molar-refractivity contribution in [1.82, 2.24) is 0 Å². The predicted molar refractivity (Wildman–Crippen MR) is 87.3 cm³/mol. The minimum atomic E-state index is 0. The predicted octanol–water partition coefficient (Wildman–Crippen LogP) is 3.81. The molecule has 0 aliphatic heterocycles. The summed E-state index contributed by atoms with van der Waals surface area (Å²) in [7, 11) is 0. The molecule has 96 valence electrons. The fourth-order valence-corrected chi connectivity index (χ4v) is 4.54. The molecule has 2 aliphatic carbocycles. The molecule has 0 heterocycles. The molecule has 0 spiro atoms. The maximum absolute atomic E-state index is 1.77. The van der Waals surface area contributed by atoms with Crippen molar-refractivity contribution in [1.29, 1.82) is 0 Å². The van der Waals surface area contributed by atoms with E-state index in [1.807, 2.05) is 0 Å². The zero-order valence-electron chi connectivity index (χ0n) is 10.5. The van der Waals surface area contributed by atoms with Gasteiger partial charge in [0.25, 0.3) is 0 Å². The van der Waals surface area contributed by atoms with Crippen molar-refractivity contribution in [2.45, 2.75) is 72.1 Å². The van der Waals surface area contributed by atoms with E-state index in [1.165, 1.54) is 64.2 Å². The molecule has 0 aromatic rings. The average molecular weight is 500 g/mol. The molecule has 0 radical (unpaired) electrons. The first kappa shape index (κ1) is 24.7. The van der Waals surface area contributed by atoms with Crippen LogP contribution in [-0.2, 0) is 40.5 Å². The fourth-order valence-electron chi connectivity index (χ4n) is 2.21. The summed E-state index contributed by atoms with van der Waals surface area (Å²) in [6, 6.07) is 0. The minimum absolute atomic E-state index is 0. The van der Waals surface area contributed by atoms with Gasteiger partial charge in [0.1, 0.15) is 0 Å². The summed E-state index contributed by atoms with van der Waals surface area (Å²) in [6.07, 6.45) is 15.2. The van der Waals surface area contributed by atoms with Crippen LogP contribution in [0.2, 0.25) is 7.87 Å².